The van der Waals surface area contributed by atoms with Crippen molar-refractivity contribution in [3.05, 3.63) is 22.4 Å². The van der Waals surface area contributed by atoms with Gasteiger partial charge in [-0.15, -0.1) is 16.4 Å². The van der Waals surface area contributed by atoms with Crippen LogP contribution in [-0.4, -0.2) is 18.6 Å². The molecule has 8 heteroatoms. The second-order valence-corrected chi connectivity index (χ2v) is 6.93. The summed E-state index contributed by atoms with van der Waals surface area (Å²) in [5, 5.41) is 7.32. The molecule has 0 bridgehead atoms. The highest BCUT2D eigenvalue weighted by molar-refractivity contribution is 7.94. The number of rotatable bonds is 4. The van der Waals surface area contributed by atoms with Gasteiger partial charge in [0.25, 0.3) is 10.0 Å². The molecular formula is C10H13N3O3S2. The molecule has 0 aliphatic carbocycles. The molecule has 0 fully saturated rings. The van der Waals surface area contributed by atoms with Crippen molar-refractivity contribution in [3.63, 3.8) is 0 Å². The SMILES string of the molecule is CCc1nnc(NS(=O)(=O)c2cc(C)c(C)s2)o1. The lowest BCUT2D eigenvalue weighted by molar-refractivity contribution is 0.515. The minimum Gasteiger partial charge on any atom is -0.407 e. The van der Waals surface area contributed by atoms with Crippen LogP contribution in [0.25, 0.3) is 0 Å². The molecule has 0 spiro atoms. The Bertz CT molecular complexity index is 638. The van der Waals surface area contributed by atoms with Crippen LogP contribution in [0.4, 0.5) is 6.01 Å². The van der Waals surface area contributed by atoms with Gasteiger partial charge in [0.15, 0.2) is 0 Å². The van der Waals surface area contributed by atoms with Gasteiger partial charge in [0.2, 0.25) is 5.89 Å². The summed E-state index contributed by atoms with van der Waals surface area (Å²) >= 11 is 1.21. The summed E-state index contributed by atoms with van der Waals surface area (Å²) in [5.74, 6) is 0.395. The van der Waals surface area contributed by atoms with Gasteiger partial charge < -0.3 is 4.42 Å². The van der Waals surface area contributed by atoms with E-state index in [1.807, 2.05) is 20.8 Å². The summed E-state index contributed by atoms with van der Waals surface area (Å²) < 4.78 is 31.7. The maximum Gasteiger partial charge on any atom is 0.329 e. The van der Waals surface area contributed by atoms with Crippen LogP contribution in [0.3, 0.4) is 0 Å². The number of thiophene rings is 1. The molecule has 18 heavy (non-hydrogen) atoms. The largest absolute Gasteiger partial charge is 0.407 e. The summed E-state index contributed by atoms with van der Waals surface area (Å²) in [6.45, 7) is 5.59. The third kappa shape index (κ3) is 2.54. The van der Waals surface area contributed by atoms with Crippen molar-refractivity contribution in [2.24, 2.45) is 0 Å². The molecule has 0 unspecified atom stereocenters. The fourth-order valence-corrected chi connectivity index (χ4v) is 3.72. The molecule has 0 aliphatic heterocycles. The monoisotopic (exact) mass is 287 g/mol. The van der Waals surface area contributed by atoms with Crippen molar-refractivity contribution in [2.75, 3.05) is 4.72 Å². The second kappa shape index (κ2) is 4.69. The summed E-state index contributed by atoms with van der Waals surface area (Å²) in [4.78, 5) is 0.968. The van der Waals surface area contributed by atoms with Crippen molar-refractivity contribution >= 4 is 27.4 Å². The molecule has 2 aromatic rings. The number of nitrogens with one attached hydrogen (secondary N) is 1. The van der Waals surface area contributed by atoms with E-state index in [0.29, 0.717) is 12.3 Å². The molecule has 2 aromatic heterocycles. The Hall–Kier alpha value is -1.41. The first-order valence-electron chi connectivity index (χ1n) is 5.34. The van der Waals surface area contributed by atoms with E-state index in [2.05, 4.69) is 14.9 Å². The van der Waals surface area contributed by atoms with E-state index in [4.69, 9.17) is 4.42 Å². The topological polar surface area (TPSA) is 85.1 Å². The Kier molecular flexibility index (Phi) is 3.40. The van der Waals surface area contributed by atoms with Crippen LogP contribution in [0.2, 0.25) is 0 Å². The molecule has 0 aliphatic rings. The lowest BCUT2D eigenvalue weighted by Gasteiger charge is -1.99. The number of hydrogen-bond acceptors (Lipinski definition) is 6. The molecule has 0 atom stereocenters. The average molecular weight is 287 g/mol. The zero-order valence-electron chi connectivity index (χ0n) is 10.2. The average Bonchev–Trinajstić information content (AvgIpc) is 2.87. The van der Waals surface area contributed by atoms with E-state index < -0.39 is 10.0 Å². The van der Waals surface area contributed by atoms with E-state index in [1.165, 1.54) is 11.3 Å². The number of aromatic nitrogens is 2. The first-order chi connectivity index (χ1) is 8.42. The van der Waals surface area contributed by atoms with Crippen molar-refractivity contribution in [1.82, 2.24) is 10.2 Å². The van der Waals surface area contributed by atoms with Crippen LogP contribution in [0.5, 0.6) is 0 Å². The first kappa shape index (κ1) is 13.0. The highest BCUT2D eigenvalue weighted by Crippen LogP contribution is 2.26. The van der Waals surface area contributed by atoms with Crippen LogP contribution >= 0.6 is 11.3 Å². The number of sulfonamides is 1. The summed E-state index contributed by atoms with van der Waals surface area (Å²) in [5.41, 5.74) is 0.945. The minimum absolute atomic E-state index is 0.101. The number of anilines is 1. The Morgan fingerprint density at radius 1 is 1.39 bits per heavy atom. The molecule has 0 saturated carbocycles. The Labute approximate surface area is 109 Å². The van der Waals surface area contributed by atoms with Gasteiger partial charge in [0, 0.05) is 11.3 Å². The fourth-order valence-electron chi connectivity index (χ4n) is 1.27. The Morgan fingerprint density at radius 3 is 2.61 bits per heavy atom. The Balaban J connectivity index is 2.26. The van der Waals surface area contributed by atoms with Crippen molar-refractivity contribution in [3.8, 4) is 0 Å². The van der Waals surface area contributed by atoms with Gasteiger partial charge in [0.1, 0.15) is 4.21 Å². The normalized spacial score (nSPS) is 11.7. The molecule has 0 saturated heterocycles. The highest BCUT2D eigenvalue weighted by atomic mass is 32.2. The van der Waals surface area contributed by atoms with E-state index in [1.54, 1.807) is 6.07 Å². The molecule has 0 amide bonds. The highest BCUT2D eigenvalue weighted by Gasteiger charge is 2.20. The third-order valence-electron chi connectivity index (χ3n) is 2.40. The first-order valence-corrected chi connectivity index (χ1v) is 7.64. The molecule has 2 rings (SSSR count). The van der Waals surface area contributed by atoms with E-state index in [9.17, 15) is 8.42 Å². The van der Waals surface area contributed by atoms with Crippen LogP contribution in [0.1, 0.15) is 23.3 Å². The molecule has 0 aromatic carbocycles. The lowest BCUT2D eigenvalue weighted by atomic mass is 10.3. The summed E-state index contributed by atoms with van der Waals surface area (Å²) in [7, 11) is -3.64. The zero-order chi connectivity index (χ0) is 13.3. The second-order valence-electron chi connectivity index (χ2n) is 3.76. The van der Waals surface area contributed by atoms with Gasteiger partial charge >= 0.3 is 6.01 Å². The maximum atomic E-state index is 12.0. The van der Waals surface area contributed by atoms with E-state index >= 15 is 0 Å². The van der Waals surface area contributed by atoms with Gasteiger partial charge in [-0.2, -0.15) is 0 Å². The van der Waals surface area contributed by atoms with Crippen LogP contribution in [-0.2, 0) is 16.4 Å². The van der Waals surface area contributed by atoms with Gasteiger partial charge in [-0.3, -0.25) is 0 Å². The molecule has 1 N–H and O–H groups in total. The third-order valence-corrected chi connectivity index (χ3v) is 5.35. The molecule has 2 heterocycles. The van der Waals surface area contributed by atoms with Crippen molar-refractivity contribution < 1.29 is 12.8 Å². The van der Waals surface area contributed by atoms with Gasteiger partial charge in [0.05, 0.1) is 0 Å². The van der Waals surface area contributed by atoms with Crippen molar-refractivity contribution in [1.29, 1.82) is 0 Å². The molecule has 6 nitrogen and oxygen atoms in total. The lowest BCUT2D eigenvalue weighted by Crippen LogP contribution is -2.11. The van der Waals surface area contributed by atoms with Crippen molar-refractivity contribution in [2.45, 2.75) is 31.4 Å². The van der Waals surface area contributed by atoms with Gasteiger partial charge in [-0.05, 0) is 25.5 Å². The predicted octanol–water partition coefficient (Wildman–Crippen LogP) is 2.11. The molecule has 98 valence electrons. The van der Waals surface area contributed by atoms with Gasteiger partial charge in [-0.25, -0.2) is 13.1 Å². The molecule has 0 radical (unpaired) electrons. The van der Waals surface area contributed by atoms with Crippen LogP contribution < -0.4 is 4.72 Å². The Morgan fingerprint density at radius 2 is 2.11 bits per heavy atom. The van der Waals surface area contributed by atoms with E-state index in [0.717, 1.165) is 10.4 Å². The maximum absolute atomic E-state index is 12.0. The quantitative estimate of drug-likeness (QED) is 0.931. The zero-order valence-corrected chi connectivity index (χ0v) is 11.9. The van der Waals surface area contributed by atoms with Crippen LogP contribution in [0, 0.1) is 13.8 Å². The summed E-state index contributed by atoms with van der Waals surface area (Å²) in [6.07, 6.45) is 0.561. The standard InChI is InChI=1S/C10H13N3O3S2/c1-4-8-11-12-10(16-8)13-18(14,15)9-5-6(2)7(3)17-9/h5H,4H2,1-3H3,(H,12,13). The van der Waals surface area contributed by atoms with Crippen LogP contribution in [0.15, 0.2) is 14.7 Å². The van der Waals surface area contributed by atoms with Gasteiger partial charge in [-0.1, -0.05) is 12.0 Å². The number of aryl methyl sites for hydroxylation is 3. The smallest absolute Gasteiger partial charge is 0.329 e. The number of nitrogens with zero attached hydrogens (tertiary/aromatic N) is 2. The fraction of sp³-hybridized carbons (Fsp3) is 0.400. The number of hydrogen-bond donors (Lipinski definition) is 1. The summed E-state index contributed by atoms with van der Waals surface area (Å²) in [6, 6.07) is 1.52. The van der Waals surface area contributed by atoms with E-state index in [-0.39, 0.29) is 10.2 Å². The minimum atomic E-state index is -3.64. The predicted molar refractivity (Wildman–Crippen MR) is 68.3 cm³/mol. The molecular weight excluding hydrogens is 274 g/mol.